The summed E-state index contributed by atoms with van der Waals surface area (Å²) < 4.78 is 5.19. The summed E-state index contributed by atoms with van der Waals surface area (Å²) in [5.74, 6) is -1.42. The third kappa shape index (κ3) is 2.57. The van der Waals surface area contributed by atoms with Crippen LogP contribution < -0.4 is 4.90 Å². The summed E-state index contributed by atoms with van der Waals surface area (Å²) in [6.45, 7) is 0.191. The van der Waals surface area contributed by atoms with Crippen LogP contribution in [-0.4, -0.2) is 33.7 Å². The number of H-pyrrole nitrogens is 1. The molecule has 1 aliphatic heterocycles. The molecule has 108 valence electrons. The van der Waals surface area contributed by atoms with Gasteiger partial charge in [0.05, 0.1) is 5.92 Å². The maximum Gasteiger partial charge on any atom is 0.308 e. The largest absolute Gasteiger partial charge is 0.481 e. The molecule has 0 saturated carbocycles. The summed E-state index contributed by atoms with van der Waals surface area (Å²) >= 11 is 4.81. The second-order valence-corrected chi connectivity index (χ2v) is 5.08. The van der Waals surface area contributed by atoms with Crippen LogP contribution in [0.3, 0.4) is 0 Å². The van der Waals surface area contributed by atoms with Crippen molar-refractivity contribution in [2.75, 3.05) is 11.4 Å². The molecule has 8 heteroatoms. The number of hydrogen-bond acceptors (Lipinski definition) is 5. The summed E-state index contributed by atoms with van der Waals surface area (Å²) in [7, 11) is 0. The Morgan fingerprint density at radius 1 is 1.43 bits per heavy atom. The molecule has 0 spiro atoms. The van der Waals surface area contributed by atoms with E-state index in [9.17, 15) is 9.59 Å². The number of benzene rings is 1. The van der Waals surface area contributed by atoms with Gasteiger partial charge in [0.1, 0.15) is 0 Å². The summed E-state index contributed by atoms with van der Waals surface area (Å²) in [5, 5.41) is 15.4. The standard InChI is InChI=1S/C13H11N3O4S/c17-10-5-8(12(18)19)6-16(10)9-3-1-7(2-4-9)11-14-15-13(21)20-11/h1-4,8H,5-6H2,(H,15,21)(H,18,19). The van der Waals surface area contributed by atoms with E-state index in [0.29, 0.717) is 17.1 Å². The lowest BCUT2D eigenvalue weighted by molar-refractivity contribution is -0.141. The van der Waals surface area contributed by atoms with Crippen molar-refractivity contribution >= 4 is 29.8 Å². The maximum atomic E-state index is 11.9. The van der Waals surface area contributed by atoms with Gasteiger partial charge in [-0.15, -0.1) is 5.10 Å². The highest BCUT2D eigenvalue weighted by Crippen LogP contribution is 2.27. The number of aliphatic carboxylic acids is 1. The molecule has 2 N–H and O–H groups in total. The van der Waals surface area contributed by atoms with Gasteiger partial charge in [0, 0.05) is 24.2 Å². The van der Waals surface area contributed by atoms with E-state index in [1.165, 1.54) is 4.90 Å². The number of aromatic nitrogens is 2. The van der Waals surface area contributed by atoms with Crippen LogP contribution in [0.1, 0.15) is 6.42 Å². The van der Waals surface area contributed by atoms with E-state index in [2.05, 4.69) is 10.2 Å². The van der Waals surface area contributed by atoms with E-state index >= 15 is 0 Å². The van der Waals surface area contributed by atoms with Crippen molar-refractivity contribution in [2.24, 2.45) is 5.92 Å². The number of amides is 1. The molecule has 0 radical (unpaired) electrons. The fourth-order valence-corrected chi connectivity index (χ4v) is 2.38. The Balaban J connectivity index is 1.83. The highest BCUT2D eigenvalue weighted by molar-refractivity contribution is 7.71. The molecule has 1 aliphatic rings. The molecule has 1 unspecified atom stereocenters. The van der Waals surface area contributed by atoms with E-state index in [-0.39, 0.29) is 23.7 Å². The van der Waals surface area contributed by atoms with E-state index in [1.54, 1.807) is 24.3 Å². The van der Waals surface area contributed by atoms with Crippen molar-refractivity contribution in [1.29, 1.82) is 0 Å². The van der Waals surface area contributed by atoms with Gasteiger partial charge in [-0.05, 0) is 36.5 Å². The van der Waals surface area contributed by atoms with Crippen molar-refractivity contribution < 1.29 is 19.1 Å². The molecule has 0 bridgehead atoms. The predicted octanol–water partition coefficient (Wildman–Crippen LogP) is 1.84. The van der Waals surface area contributed by atoms with Crippen LogP contribution >= 0.6 is 12.2 Å². The minimum atomic E-state index is -0.948. The Kier molecular flexibility index (Phi) is 3.30. The van der Waals surface area contributed by atoms with E-state index in [0.717, 1.165) is 0 Å². The van der Waals surface area contributed by atoms with Gasteiger partial charge < -0.3 is 14.4 Å². The number of aromatic amines is 1. The van der Waals surface area contributed by atoms with Crippen molar-refractivity contribution in [2.45, 2.75) is 6.42 Å². The summed E-state index contributed by atoms with van der Waals surface area (Å²) in [6.07, 6.45) is 0.0328. The Bertz CT molecular complexity index is 749. The molecule has 21 heavy (non-hydrogen) atoms. The number of carbonyl (C=O) groups excluding carboxylic acids is 1. The second kappa shape index (κ2) is 5.13. The first-order chi connectivity index (χ1) is 10.0. The zero-order valence-electron chi connectivity index (χ0n) is 10.8. The normalized spacial score (nSPS) is 18.2. The predicted molar refractivity (Wildman–Crippen MR) is 75.2 cm³/mol. The van der Waals surface area contributed by atoms with E-state index < -0.39 is 11.9 Å². The van der Waals surface area contributed by atoms with Crippen LogP contribution in [0, 0.1) is 10.8 Å². The second-order valence-electron chi connectivity index (χ2n) is 4.71. The Morgan fingerprint density at radius 3 is 2.67 bits per heavy atom. The van der Waals surface area contributed by atoms with Crippen LogP contribution in [0.4, 0.5) is 5.69 Å². The lowest BCUT2D eigenvalue weighted by Crippen LogP contribution is -2.25. The fourth-order valence-electron chi connectivity index (χ4n) is 2.26. The Morgan fingerprint density at radius 2 is 2.14 bits per heavy atom. The van der Waals surface area contributed by atoms with Crippen LogP contribution in [0.5, 0.6) is 0 Å². The fraction of sp³-hybridized carbons (Fsp3) is 0.231. The maximum absolute atomic E-state index is 11.9. The SMILES string of the molecule is O=C(O)C1CC(=O)N(c2ccc(-c3n[nH]c(=S)o3)cc2)C1. The van der Waals surface area contributed by atoms with Crippen LogP contribution in [0.2, 0.25) is 0 Å². The zero-order chi connectivity index (χ0) is 15.0. The highest BCUT2D eigenvalue weighted by atomic mass is 32.1. The average Bonchev–Trinajstić information content (AvgIpc) is 3.05. The lowest BCUT2D eigenvalue weighted by atomic mass is 10.1. The van der Waals surface area contributed by atoms with Crippen LogP contribution in [0.25, 0.3) is 11.5 Å². The number of rotatable bonds is 3. The molecule has 1 amide bonds. The van der Waals surface area contributed by atoms with Crippen LogP contribution in [0.15, 0.2) is 28.7 Å². The van der Waals surface area contributed by atoms with Crippen molar-refractivity contribution in [1.82, 2.24) is 10.2 Å². The summed E-state index contributed by atoms with van der Waals surface area (Å²) in [4.78, 5) is 24.5. The average molecular weight is 305 g/mol. The lowest BCUT2D eigenvalue weighted by Gasteiger charge is -2.16. The molecular formula is C13H11N3O4S. The molecule has 7 nitrogen and oxygen atoms in total. The third-order valence-corrected chi connectivity index (χ3v) is 3.51. The molecule has 1 saturated heterocycles. The molecule has 1 aromatic heterocycles. The molecule has 3 rings (SSSR count). The van der Waals surface area contributed by atoms with Crippen molar-refractivity contribution in [3.63, 3.8) is 0 Å². The first-order valence-corrected chi connectivity index (χ1v) is 6.64. The first-order valence-electron chi connectivity index (χ1n) is 6.23. The molecular weight excluding hydrogens is 294 g/mol. The quantitative estimate of drug-likeness (QED) is 0.839. The van der Waals surface area contributed by atoms with E-state index in [1.807, 2.05) is 0 Å². The van der Waals surface area contributed by atoms with Crippen LogP contribution in [-0.2, 0) is 9.59 Å². The van der Waals surface area contributed by atoms with E-state index in [4.69, 9.17) is 21.7 Å². The highest BCUT2D eigenvalue weighted by Gasteiger charge is 2.34. The topological polar surface area (TPSA) is 99.4 Å². The number of carbonyl (C=O) groups is 2. The third-order valence-electron chi connectivity index (χ3n) is 3.34. The number of hydrogen-bond donors (Lipinski definition) is 2. The molecule has 1 fully saturated rings. The first kappa shape index (κ1) is 13.5. The minimum Gasteiger partial charge on any atom is -0.481 e. The van der Waals surface area contributed by atoms with Crippen molar-refractivity contribution in [3.8, 4) is 11.5 Å². The molecule has 2 aromatic rings. The van der Waals surface area contributed by atoms with Gasteiger partial charge in [-0.25, -0.2) is 5.10 Å². The number of anilines is 1. The van der Waals surface area contributed by atoms with Gasteiger partial charge in [0.15, 0.2) is 0 Å². The monoisotopic (exact) mass is 305 g/mol. The Labute approximate surface area is 124 Å². The van der Waals surface area contributed by atoms with Gasteiger partial charge in [-0.2, -0.15) is 0 Å². The molecule has 2 heterocycles. The minimum absolute atomic E-state index is 0.0328. The molecule has 1 aromatic carbocycles. The summed E-state index contributed by atoms with van der Waals surface area (Å²) in [5.41, 5.74) is 1.37. The smallest absolute Gasteiger partial charge is 0.308 e. The van der Waals surface area contributed by atoms with Gasteiger partial charge in [-0.3, -0.25) is 9.59 Å². The number of nitrogens with zero attached hydrogens (tertiary/aromatic N) is 2. The zero-order valence-corrected chi connectivity index (χ0v) is 11.6. The molecule has 1 atom stereocenters. The number of carboxylic acid groups (broad SMARTS) is 1. The number of nitrogens with one attached hydrogen (secondary N) is 1. The van der Waals surface area contributed by atoms with Gasteiger partial charge in [0.25, 0.3) is 4.84 Å². The van der Waals surface area contributed by atoms with Gasteiger partial charge in [0.2, 0.25) is 11.8 Å². The van der Waals surface area contributed by atoms with Gasteiger partial charge in [-0.1, -0.05) is 0 Å². The Hall–Kier alpha value is -2.48. The van der Waals surface area contributed by atoms with Crippen molar-refractivity contribution in [3.05, 3.63) is 29.1 Å². The molecule has 0 aliphatic carbocycles. The summed E-state index contributed by atoms with van der Waals surface area (Å²) in [6, 6.07) is 6.94. The number of carboxylic acids is 1. The van der Waals surface area contributed by atoms with Gasteiger partial charge >= 0.3 is 5.97 Å².